The number of fused-ring (bicyclic) bond motifs is 1. The van der Waals surface area contributed by atoms with Gasteiger partial charge in [-0.2, -0.15) is 0 Å². The van der Waals surface area contributed by atoms with Gasteiger partial charge in [0.15, 0.2) is 6.10 Å². The predicted octanol–water partition coefficient (Wildman–Crippen LogP) is 2.77. The Morgan fingerprint density at radius 3 is 2.88 bits per heavy atom. The van der Waals surface area contributed by atoms with Gasteiger partial charge in [0, 0.05) is 5.92 Å². The zero-order valence-corrected chi connectivity index (χ0v) is 16.1. The molecule has 1 heterocycles. The number of nitrogens with two attached hydrogens (primary N) is 1. The maximum atomic E-state index is 12.6. The molecule has 0 spiro atoms. The SMILES string of the molecule is CCC1Oc2cc(C(C)NC(=O)[C@@H]3CCC[C@@H]3CN)ccc2NC1=O.Cl. The molecule has 1 fully saturated rings. The smallest absolute Gasteiger partial charge is 0.265 e. The maximum absolute atomic E-state index is 12.6. The Bertz CT molecular complexity index is 667. The van der Waals surface area contributed by atoms with Crippen LogP contribution in [0.4, 0.5) is 5.69 Å². The quantitative estimate of drug-likeness (QED) is 0.731. The van der Waals surface area contributed by atoms with Gasteiger partial charge in [-0.3, -0.25) is 9.59 Å². The third kappa shape index (κ3) is 4.13. The molecule has 2 unspecified atom stereocenters. The number of ether oxygens (including phenoxy) is 1. The molecule has 1 aromatic rings. The van der Waals surface area contributed by atoms with Crippen LogP contribution in [0.3, 0.4) is 0 Å². The van der Waals surface area contributed by atoms with Crippen LogP contribution in [-0.4, -0.2) is 24.5 Å². The first-order valence-corrected chi connectivity index (χ1v) is 9.15. The number of nitrogens with one attached hydrogen (secondary N) is 2. The van der Waals surface area contributed by atoms with Gasteiger partial charge in [0.2, 0.25) is 5.91 Å². The largest absolute Gasteiger partial charge is 0.478 e. The number of hydrogen-bond acceptors (Lipinski definition) is 4. The second-order valence-corrected chi connectivity index (χ2v) is 7.02. The molecule has 3 rings (SSSR count). The highest BCUT2D eigenvalue weighted by molar-refractivity contribution is 5.97. The van der Waals surface area contributed by atoms with Crippen molar-refractivity contribution < 1.29 is 14.3 Å². The summed E-state index contributed by atoms with van der Waals surface area (Å²) in [6, 6.07) is 5.51. The maximum Gasteiger partial charge on any atom is 0.265 e. The van der Waals surface area contributed by atoms with E-state index in [1.165, 1.54) is 0 Å². The van der Waals surface area contributed by atoms with E-state index in [9.17, 15) is 9.59 Å². The number of hydrogen-bond donors (Lipinski definition) is 3. The van der Waals surface area contributed by atoms with Crippen LogP contribution in [0.25, 0.3) is 0 Å². The molecule has 7 heteroatoms. The summed E-state index contributed by atoms with van der Waals surface area (Å²) in [4.78, 5) is 24.4. The van der Waals surface area contributed by atoms with E-state index in [2.05, 4.69) is 10.6 Å². The zero-order chi connectivity index (χ0) is 18.0. The van der Waals surface area contributed by atoms with Gasteiger partial charge in [-0.1, -0.05) is 19.4 Å². The fourth-order valence-electron chi connectivity index (χ4n) is 3.77. The molecule has 144 valence electrons. The molecule has 4 N–H and O–H groups in total. The zero-order valence-electron chi connectivity index (χ0n) is 15.3. The Balaban J connectivity index is 0.00000243. The number of anilines is 1. The van der Waals surface area contributed by atoms with Gasteiger partial charge in [0.1, 0.15) is 5.75 Å². The van der Waals surface area contributed by atoms with Gasteiger partial charge in [0.25, 0.3) is 5.91 Å². The second-order valence-electron chi connectivity index (χ2n) is 7.02. The van der Waals surface area contributed by atoms with Crippen LogP contribution >= 0.6 is 12.4 Å². The minimum atomic E-state index is -0.462. The summed E-state index contributed by atoms with van der Waals surface area (Å²) >= 11 is 0. The summed E-state index contributed by atoms with van der Waals surface area (Å²) in [5.41, 5.74) is 7.42. The van der Waals surface area contributed by atoms with E-state index in [0.29, 0.717) is 30.3 Å². The highest BCUT2D eigenvalue weighted by Gasteiger charge is 2.33. The van der Waals surface area contributed by atoms with Crippen molar-refractivity contribution in [3.63, 3.8) is 0 Å². The van der Waals surface area contributed by atoms with Crippen LogP contribution in [0.1, 0.15) is 51.1 Å². The first kappa shape index (κ1) is 20.5. The van der Waals surface area contributed by atoms with Crippen molar-refractivity contribution in [1.82, 2.24) is 5.32 Å². The molecule has 1 saturated carbocycles. The van der Waals surface area contributed by atoms with Gasteiger partial charge < -0.3 is 21.1 Å². The predicted molar refractivity (Wildman–Crippen MR) is 103 cm³/mol. The summed E-state index contributed by atoms with van der Waals surface area (Å²) in [5.74, 6) is 0.937. The fourth-order valence-corrected chi connectivity index (χ4v) is 3.77. The standard InChI is InChI=1S/C19H27N3O3.ClH/c1-3-16-19(24)22-15-8-7-12(9-17(15)25-16)11(2)21-18(23)14-6-4-5-13(14)10-20;/h7-9,11,13-14,16H,3-6,10,20H2,1-2H3,(H,21,23)(H,22,24);1H/t11?,13-,14-,16?;/m1./s1. The van der Waals surface area contributed by atoms with E-state index >= 15 is 0 Å². The molecule has 1 aliphatic heterocycles. The molecule has 4 atom stereocenters. The lowest BCUT2D eigenvalue weighted by Crippen LogP contribution is -2.37. The monoisotopic (exact) mass is 381 g/mol. The lowest BCUT2D eigenvalue weighted by Gasteiger charge is -2.26. The van der Waals surface area contributed by atoms with Crippen molar-refractivity contribution >= 4 is 29.9 Å². The van der Waals surface area contributed by atoms with Crippen molar-refractivity contribution in [2.24, 2.45) is 17.6 Å². The van der Waals surface area contributed by atoms with Crippen molar-refractivity contribution in [1.29, 1.82) is 0 Å². The van der Waals surface area contributed by atoms with Crippen LogP contribution in [0, 0.1) is 11.8 Å². The topological polar surface area (TPSA) is 93.4 Å². The average Bonchev–Trinajstić information content (AvgIpc) is 3.09. The van der Waals surface area contributed by atoms with Crippen molar-refractivity contribution in [2.45, 2.75) is 51.7 Å². The molecule has 1 aliphatic carbocycles. The first-order valence-electron chi connectivity index (χ1n) is 9.15. The molecule has 1 aromatic carbocycles. The van der Waals surface area contributed by atoms with Crippen LogP contribution in [0.15, 0.2) is 18.2 Å². The third-order valence-corrected chi connectivity index (χ3v) is 5.35. The number of benzene rings is 1. The van der Waals surface area contributed by atoms with Crippen LogP contribution < -0.4 is 21.1 Å². The van der Waals surface area contributed by atoms with Crippen molar-refractivity contribution in [2.75, 3.05) is 11.9 Å². The normalized spacial score (nSPS) is 25.3. The summed E-state index contributed by atoms with van der Waals surface area (Å²) < 4.78 is 5.78. The van der Waals surface area contributed by atoms with Gasteiger partial charge in [-0.15, -0.1) is 12.4 Å². The molecule has 2 aliphatic rings. The minimum absolute atomic E-state index is 0. The van der Waals surface area contributed by atoms with E-state index in [-0.39, 0.29) is 36.2 Å². The molecule has 0 saturated heterocycles. The minimum Gasteiger partial charge on any atom is -0.478 e. The third-order valence-electron chi connectivity index (χ3n) is 5.35. The first-order chi connectivity index (χ1) is 12.0. The Labute approximate surface area is 160 Å². The Morgan fingerprint density at radius 2 is 2.19 bits per heavy atom. The Hall–Kier alpha value is -1.79. The molecule has 6 nitrogen and oxygen atoms in total. The van der Waals surface area contributed by atoms with E-state index < -0.39 is 6.10 Å². The van der Waals surface area contributed by atoms with Crippen LogP contribution in [0.2, 0.25) is 0 Å². The van der Waals surface area contributed by atoms with Gasteiger partial charge >= 0.3 is 0 Å². The average molecular weight is 382 g/mol. The van der Waals surface area contributed by atoms with Crippen molar-refractivity contribution in [3.8, 4) is 5.75 Å². The van der Waals surface area contributed by atoms with E-state index in [4.69, 9.17) is 10.5 Å². The lowest BCUT2D eigenvalue weighted by atomic mass is 9.94. The number of rotatable bonds is 5. The molecular weight excluding hydrogens is 354 g/mol. The van der Waals surface area contributed by atoms with Gasteiger partial charge in [0.05, 0.1) is 11.7 Å². The summed E-state index contributed by atoms with van der Waals surface area (Å²) in [6.45, 7) is 4.44. The van der Waals surface area contributed by atoms with Crippen LogP contribution in [0.5, 0.6) is 5.75 Å². The van der Waals surface area contributed by atoms with Gasteiger partial charge in [-0.05, 0) is 56.3 Å². The number of carbonyl (C=O) groups excluding carboxylic acids is 2. The van der Waals surface area contributed by atoms with Crippen LogP contribution in [-0.2, 0) is 9.59 Å². The lowest BCUT2D eigenvalue weighted by molar-refractivity contribution is -0.126. The second kappa shape index (κ2) is 8.73. The molecule has 2 amide bonds. The highest BCUT2D eigenvalue weighted by atomic mass is 35.5. The Morgan fingerprint density at radius 1 is 1.42 bits per heavy atom. The van der Waals surface area contributed by atoms with Crippen molar-refractivity contribution in [3.05, 3.63) is 23.8 Å². The van der Waals surface area contributed by atoms with E-state index in [0.717, 1.165) is 24.8 Å². The molecule has 0 aromatic heterocycles. The summed E-state index contributed by atoms with van der Waals surface area (Å²) in [7, 11) is 0. The molecule has 0 radical (unpaired) electrons. The molecule has 0 bridgehead atoms. The summed E-state index contributed by atoms with van der Waals surface area (Å²) in [6.07, 6.45) is 3.17. The molecule has 26 heavy (non-hydrogen) atoms. The number of halogens is 1. The fraction of sp³-hybridized carbons (Fsp3) is 0.579. The van der Waals surface area contributed by atoms with E-state index in [1.807, 2.05) is 32.0 Å². The number of amides is 2. The van der Waals surface area contributed by atoms with E-state index in [1.54, 1.807) is 0 Å². The number of carbonyl (C=O) groups is 2. The Kier molecular flexibility index (Phi) is 6.89. The highest BCUT2D eigenvalue weighted by Crippen LogP contribution is 2.34. The van der Waals surface area contributed by atoms with Gasteiger partial charge in [-0.25, -0.2) is 0 Å². The summed E-state index contributed by atoms with van der Waals surface area (Å²) in [5, 5.41) is 5.97. The molecular formula is C19H28ClN3O3.